The number of nitro benzene ring substituents is 2. The number of non-ortho nitro benzene ring substituents is 2. The third kappa shape index (κ3) is 6.39. The van der Waals surface area contributed by atoms with Gasteiger partial charge in [-0.2, -0.15) is 0 Å². The zero-order chi connectivity index (χ0) is 25.2. The van der Waals surface area contributed by atoms with Gasteiger partial charge in [-0.05, 0) is 53.4 Å². The van der Waals surface area contributed by atoms with Gasteiger partial charge >= 0.3 is 0 Å². The lowest BCUT2D eigenvalue weighted by Gasteiger charge is -2.37. The quantitative estimate of drug-likeness (QED) is 0.129. The van der Waals surface area contributed by atoms with Crippen LogP contribution in [0.5, 0.6) is 0 Å². The lowest BCUT2D eigenvalue weighted by atomic mass is 10.1. The van der Waals surface area contributed by atoms with Crippen LogP contribution in [-0.2, 0) is 0 Å². The molecule has 8 nitrogen and oxygen atoms in total. The molecule has 0 N–H and O–H groups in total. The van der Waals surface area contributed by atoms with Crippen molar-refractivity contribution < 1.29 is 9.85 Å². The van der Waals surface area contributed by atoms with Gasteiger partial charge in [0.2, 0.25) is 0 Å². The molecule has 2 aromatic carbocycles. The molecule has 0 heterocycles. The minimum absolute atomic E-state index is 0.135. The van der Waals surface area contributed by atoms with E-state index in [9.17, 15) is 20.2 Å². The van der Waals surface area contributed by atoms with Gasteiger partial charge in [-0.3, -0.25) is 29.2 Å². The maximum atomic E-state index is 11.0. The number of benzene rings is 2. The molecule has 0 fully saturated rings. The molecule has 0 aliphatic rings. The minimum atomic E-state index is -0.349. The second kappa shape index (κ2) is 12.6. The lowest BCUT2D eigenvalue weighted by molar-refractivity contribution is -0.385. The molecule has 0 unspecified atom stereocenters. The van der Waals surface area contributed by atoms with Crippen molar-refractivity contribution in [1.82, 2.24) is 8.97 Å². The van der Waals surface area contributed by atoms with Crippen LogP contribution in [0, 0.1) is 20.2 Å². The fourth-order valence-electron chi connectivity index (χ4n) is 5.03. The van der Waals surface area contributed by atoms with E-state index in [-0.39, 0.29) is 21.2 Å². The van der Waals surface area contributed by atoms with Crippen LogP contribution in [-0.4, -0.2) is 49.1 Å². The van der Waals surface area contributed by atoms with Crippen molar-refractivity contribution in [2.75, 3.05) is 39.3 Å². The number of unbranched alkanes of at least 4 members (excludes halogenated alkanes) is 3. The van der Waals surface area contributed by atoms with Gasteiger partial charge in [0.05, 0.1) is 49.1 Å². The molecule has 0 amide bonds. The molecule has 0 saturated heterocycles. The number of quaternary nitrogens is 2. The van der Waals surface area contributed by atoms with Gasteiger partial charge in [-0.25, -0.2) is 0 Å². The zero-order valence-electron chi connectivity index (χ0n) is 21.1. The molecule has 8 heteroatoms. The van der Waals surface area contributed by atoms with E-state index in [1.54, 1.807) is 24.3 Å². The molecule has 2 aromatic rings. The fraction of sp³-hybridized carbons (Fsp3) is 0.538. The Morgan fingerprint density at radius 1 is 0.559 bits per heavy atom. The molecule has 0 aliphatic heterocycles. The number of nitrogens with zero attached hydrogens (tertiary/aromatic N) is 4. The predicted octanol–water partition coefficient (Wildman–Crippen LogP) is 6.46. The highest BCUT2D eigenvalue weighted by Gasteiger charge is 2.28. The summed E-state index contributed by atoms with van der Waals surface area (Å²) in [6, 6.07) is 14.1. The third-order valence-corrected chi connectivity index (χ3v) is 7.56. The van der Waals surface area contributed by atoms with Crippen molar-refractivity contribution in [1.29, 1.82) is 0 Å². The van der Waals surface area contributed by atoms with Crippen molar-refractivity contribution in [3.63, 3.8) is 0 Å². The van der Waals surface area contributed by atoms with Crippen LogP contribution >= 0.6 is 0 Å². The highest BCUT2D eigenvalue weighted by Crippen LogP contribution is 2.28. The minimum Gasteiger partial charge on any atom is -0.292 e. The van der Waals surface area contributed by atoms with Crippen molar-refractivity contribution in [2.45, 2.75) is 53.4 Å². The molecule has 0 bridgehead atoms. The van der Waals surface area contributed by atoms with E-state index in [2.05, 4.69) is 27.7 Å². The van der Waals surface area contributed by atoms with E-state index in [0.29, 0.717) is 0 Å². The fourth-order valence-corrected chi connectivity index (χ4v) is 5.03. The Bertz CT molecular complexity index is 843. The second-order valence-electron chi connectivity index (χ2n) is 8.96. The van der Waals surface area contributed by atoms with Crippen molar-refractivity contribution in [3.8, 4) is 0 Å². The SMILES string of the molecule is CC[N+](CC)(CCCCCC[N+](CC)(CC)c1ccc([N+](=O)[O-])cc1)c1ccc([N+](=O)[O-])cc1. The molecule has 0 atom stereocenters. The second-order valence-corrected chi connectivity index (χ2v) is 8.96. The smallest absolute Gasteiger partial charge is 0.269 e. The maximum Gasteiger partial charge on any atom is 0.269 e. The first kappa shape index (κ1) is 27.4. The average Bonchev–Trinajstić information content (AvgIpc) is 2.87. The van der Waals surface area contributed by atoms with E-state index in [1.165, 1.54) is 0 Å². The largest absolute Gasteiger partial charge is 0.292 e. The van der Waals surface area contributed by atoms with E-state index < -0.39 is 0 Å². The number of hydrogen-bond acceptors (Lipinski definition) is 4. The first-order chi connectivity index (χ1) is 16.3. The van der Waals surface area contributed by atoms with Gasteiger partial charge in [0.25, 0.3) is 11.4 Å². The summed E-state index contributed by atoms with van der Waals surface area (Å²) in [4.78, 5) is 21.3. The summed E-state index contributed by atoms with van der Waals surface area (Å²) >= 11 is 0. The monoisotopic (exact) mass is 472 g/mol. The molecule has 0 spiro atoms. The van der Waals surface area contributed by atoms with Gasteiger partial charge < -0.3 is 0 Å². The van der Waals surface area contributed by atoms with Gasteiger partial charge in [0, 0.05) is 48.5 Å². The highest BCUT2D eigenvalue weighted by atomic mass is 16.6. The van der Waals surface area contributed by atoms with Gasteiger partial charge in [0.1, 0.15) is 11.4 Å². The Kier molecular flexibility index (Phi) is 10.1. The van der Waals surface area contributed by atoms with Crippen LogP contribution in [0.3, 0.4) is 0 Å². The first-order valence-electron chi connectivity index (χ1n) is 12.5. The van der Waals surface area contributed by atoms with Gasteiger partial charge in [-0.15, -0.1) is 0 Å². The van der Waals surface area contributed by atoms with Crippen LogP contribution < -0.4 is 8.97 Å². The van der Waals surface area contributed by atoms with Crippen LogP contribution in [0.4, 0.5) is 22.7 Å². The molecular weight excluding hydrogens is 432 g/mol. The number of nitro groups is 2. The summed E-state index contributed by atoms with van der Waals surface area (Å²) in [5.41, 5.74) is 2.55. The molecule has 2 rings (SSSR count). The molecule has 34 heavy (non-hydrogen) atoms. The average molecular weight is 473 g/mol. The van der Waals surface area contributed by atoms with E-state index in [4.69, 9.17) is 0 Å². The van der Waals surface area contributed by atoms with Crippen molar-refractivity contribution in [3.05, 3.63) is 68.8 Å². The highest BCUT2D eigenvalue weighted by molar-refractivity contribution is 5.49. The number of hydrogen-bond donors (Lipinski definition) is 0. The summed E-state index contributed by atoms with van der Waals surface area (Å²) in [6.45, 7) is 14.6. The summed E-state index contributed by atoms with van der Waals surface area (Å²) in [5.74, 6) is 0. The zero-order valence-corrected chi connectivity index (χ0v) is 21.1. The summed E-state index contributed by atoms with van der Waals surface area (Å²) in [5, 5.41) is 22.0. The summed E-state index contributed by atoms with van der Waals surface area (Å²) < 4.78 is 1.68. The van der Waals surface area contributed by atoms with Crippen LogP contribution in [0.2, 0.25) is 0 Å². The van der Waals surface area contributed by atoms with Gasteiger partial charge in [0.15, 0.2) is 0 Å². The topological polar surface area (TPSA) is 86.3 Å². The van der Waals surface area contributed by atoms with Crippen molar-refractivity contribution >= 4 is 22.7 Å². The lowest BCUT2D eigenvalue weighted by Crippen LogP contribution is -2.50. The molecule has 0 radical (unpaired) electrons. The van der Waals surface area contributed by atoms with E-state index >= 15 is 0 Å². The maximum absolute atomic E-state index is 11.0. The molecule has 0 saturated carbocycles. The summed E-state index contributed by atoms with van der Waals surface area (Å²) in [6.07, 6.45) is 4.49. The van der Waals surface area contributed by atoms with E-state index in [1.807, 2.05) is 24.3 Å². The molecule has 0 aromatic heterocycles. The summed E-state index contributed by atoms with van der Waals surface area (Å²) in [7, 11) is 0. The Balaban J connectivity index is 1.93. The predicted molar refractivity (Wildman–Crippen MR) is 140 cm³/mol. The van der Waals surface area contributed by atoms with Crippen molar-refractivity contribution in [2.24, 2.45) is 0 Å². The Labute approximate surface area is 203 Å². The Morgan fingerprint density at radius 3 is 1.09 bits per heavy atom. The Morgan fingerprint density at radius 2 is 0.853 bits per heavy atom. The van der Waals surface area contributed by atoms with Gasteiger partial charge in [-0.1, -0.05) is 0 Å². The van der Waals surface area contributed by atoms with Crippen LogP contribution in [0.1, 0.15) is 53.4 Å². The van der Waals surface area contributed by atoms with E-state index in [0.717, 1.165) is 85.3 Å². The molecular formula is C26H40N4O4+2. The normalized spacial score (nSPS) is 12.0. The first-order valence-corrected chi connectivity index (χ1v) is 12.5. The third-order valence-electron chi connectivity index (χ3n) is 7.56. The molecule has 186 valence electrons. The Hall–Kier alpha value is -2.84. The standard InChI is InChI=1S/C26H40N4O4/c1-5-29(6-2,25-17-13-23(14-18-25)27(31)32)21-11-9-10-12-22-30(7-3,8-4)26-19-15-24(16-20-26)28(33)34/h13-20H,5-12,21-22H2,1-4H3/q+2. The molecule has 0 aliphatic carbocycles. The van der Waals surface area contributed by atoms with Crippen LogP contribution in [0.15, 0.2) is 48.5 Å². The number of rotatable bonds is 15. The van der Waals surface area contributed by atoms with Crippen LogP contribution in [0.25, 0.3) is 0 Å².